The van der Waals surface area contributed by atoms with Crippen molar-refractivity contribution in [1.82, 2.24) is 0 Å². The first-order valence-corrected chi connectivity index (χ1v) is 6.97. The van der Waals surface area contributed by atoms with Gasteiger partial charge in [0, 0.05) is 11.6 Å². The lowest BCUT2D eigenvalue weighted by atomic mass is 10.2. The second kappa shape index (κ2) is 7.43. The standard InChI is InChI=1S/C12H15ClN2S/c1-16-7-3-2-6-15-12-5-4-11(13)8-10(12)9-14/h4-5,8,15H,2-3,6-7H2,1H3. The molecule has 0 unspecified atom stereocenters. The summed E-state index contributed by atoms with van der Waals surface area (Å²) in [6, 6.07) is 7.48. The number of benzene rings is 1. The molecule has 0 amide bonds. The Morgan fingerprint density at radius 2 is 2.25 bits per heavy atom. The Hall–Kier alpha value is -0.850. The fraction of sp³-hybridized carbons (Fsp3) is 0.417. The Morgan fingerprint density at radius 3 is 2.94 bits per heavy atom. The fourth-order valence-electron chi connectivity index (χ4n) is 1.36. The highest BCUT2D eigenvalue weighted by atomic mass is 35.5. The average molecular weight is 255 g/mol. The van der Waals surface area contributed by atoms with Crippen LogP contribution < -0.4 is 5.32 Å². The molecule has 1 aromatic carbocycles. The topological polar surface area (TPSA) is 35.8 Å². The van der Waals surface area contributed by atoms with Crippen molar-refractivity contribution in [3.05, 3.63) is 28.8 Å². The number of hydrogen-bond donors (Lipinski definition) is 1. The van der Waals surface area contributed by atoms with E-state index in [0.29, 0.717) is 10.6 Å². The molecule has 0 aliphatic carbocycles. The van der Waals surface area contributed by atoms with Crippen molar-refractivity contribution < 1.29 is 0 Å². The van der Waals surface area contributed by atoms with Crippen LogP contribution in [0.3, 0.4) is 0 Å². The van der Waals surface area contributed by atoms with E-state index < -0.39 is 0 Å². The van der Waals surface area contributed by atoms with Gasteiger partial charge in [-0.1, -0.05) is 11.6 Å². The highest BCUT2D eigenvalue weighted by molar-refractivity contribution is 7.98. The van der Waals surface area contributed by atoms with Gasteiger partial charge in [0.25, 0.3) is 0 Å². The summed E-state index contributed by atoms with van der Waals surface area (Å²) in [6.45, 7) is 0.900. The summed E-state index contributed by atoms with van der Waals surface area (Å²) in [5, 5.41) is 12.8. The third kappa shape index (κ3) is 4.34. The summed E-state index contributed by atoms with van der Waals surface area (Å²) in [5.41, 5.74) is 1.48. The minimum Gasteiger partial charge on any atom is -0.384 e. The molecule has 1 rings (SSSR count). The van der Waals surface area contributed by atoms with E-state index in [9.17, 15) is 0 Å². The van der Waals surface area contributed by atoms with Crippen LogP contribution in [-0.4, -0.2) is 18.6 Å². The molecule has 0 aliphatic rings. The van der Waals surface area contributed by atoms with E-state index in [4.69, 9.17) is 16.9 Å². The van der Waals surface area contributed by atoms with Crippen LogP contribution in [0.15, 0.2) is 18.2 Å². The molecule has 0 aliphatic heterocycles. The number of anilines is 1. The van der Waals surface area contributed by atoms with Crippen LogP contribution in [0, 0.1) is 11.3 Å². The van der Waals surface area contributed by atoms with E-state index in [1.165, 1.54) is 12.2 Å². The molecule has 16 heavy (non-hydrogen) atoms. The highest BCUT2D eigenvalue weighted by Gasteiger charge is 2.01. The molecule has 2 nitrogen and oxygen atoms in total. The van der Waals surface area contributed by atoms with Gasteiger partial charge >= 0.3 is 0 Å². The van der Waals surface area contributed by atoms with E-state index in [1.54, 1.807) is 12.1 Å². The smallest absolute Gasteiger partial charge is 0.101 e. The molecule has 0 radical (unpaired) electrons. The maximum atomic E-state index is 8.93. The van der Waals surface area contributed by atoms with Gasteiger partial charge in [0.15, 0.2) is 0 Å². The first-order chi connectivity index (χ1) is 7.77. The zero-order chi connectivity index (χ0) is 11.8. The fourth-order valence-corrected chi connectivity index (χ4v) is 2.02. The van der Waals surface area contributed by atoms with E-state index in [0.717, 1.165) is 18.7 Å². The second-order valence-corrected chi connectivity index (χ2v) is 4.85. The Morgan fingerprint density at radius 1 is 1.44 bits per heavy atom. The predicted molar refractivity (Wildman–Crippen MR) is 72.3 cm³/mol. The lowest BCUT2D eigenvalue weighted by molar-refractivity contribution is 0.843. The van der Waals surface area contributed by atoms with Crippen LogP contribution in [0.2, 0.25) is 5.02 Å². The maximum absolute atomic E-state index is 8.93. The van der Waals surface area contributed by atoms with E-state index in [-0.39, 0.29) is 0 Å². The Bertz CT molecular complexity index is 374. The first kappa shape index (κ1) is 13.2. The summed E-state index contributed by atoms with van der Waals surface area (Å²) in [4.78, 5) is 0. The molecule has 0 atom stereocenters. The average Bonchev–Trinajstić information content (AvgIpc) is 2.30. The van der Waals surface area contributed by atoms with Gasteiger partial charge in [0.1, 0.15) is 6.07 Å². The Kier molecular flexibility index (Phi) is 6.14. The minimum atomic E-state index is 0.601. The van der Waals surface area contributed by atoms with Crippen molar-refractivity contribution >= 4 is 29.1 Å². The molecule has 1 aromatic rings. The van der Waals surface area contributed by atoms with Crippen molar-refractivity contribution in [2.75, 3.05) is 23.9 Å². The SMILES string of the molecule is CSCCCCNc1ccc(Cl)cc1C#N. The molecule has 0 aromatic heterocycles. The van der Waals surface area contributed by atoms with Crippen molar-refractivity contribution in [1.29, 1.82) is 5.26 Å². The monoisotopic (exact) mass is 254 g/mol. The lowest BCUT2D eigenvalue weighted by Gasteiger charge is -2.07. The Labute approximate surface area is 106 Å². The molecule has 0 bridgehead atoms. The molecule has 0 saturated heterocycles. The van der Waals surface area contributed by atoms with Crippen LogP contribution in [0.5, 0.6) is 0 Å². The highest BCUT2D eigenvalue weighted by Crippen LogP contribution is 2.19. The van der Waals surface area contributed by atoms with Gasteiger partial charge in [-0.05, 0) is 43.0 Å². The van der Waals surface area contributed by atoms with Crippen LogP contribution >= 0.6 is 23.4 Å². The van der Waals surface area contributed by atoms with Crippen molar-refractivity contribution in [3.63, 3.8) is 0 Å². The molecular weight excluding hydrogens is 240 g/mol. The van der Waals surface area contributed by atoms with Crippen LogP contribution in [0.25, 0.3) is 0 Å². The van der Waals surface area contributed by atoms with Gasteiger partial charge < -0.3 is 5.32 Å². The van der Waals surface area contributed by atoms with Crippen molar-refractivity contribution in [2.24, 2.45) is 0 Å². The molecule has 0 saturated carbocycles. The predicted octanol–water partition coefficient (Wildman–Crippen LogP) is 3.77. The lowest BCUT2D eigenvalue weighted by Crippen LogP contribution is -2.03. The third-order valence-corrected chi connectivity index (χ3v) is 3.12. The molecule has 1 N–H and O–H groups in total. The molecular formula is C12H15ClN2S. The van der Waals surface area contributed by atoms with Gasteiger partial charge in [0.2, 0.25) is 0 Å². The van der Waals surface area contributed by atoms with Gasteiger partial charge in [-0.15, -0.1) is 0 Å². The number of nitrogens with zero attached hydrogens (tertiary/aromatic N) is 1. The summed E-state index contributed by atoms with van der Waals surface area (Å²) >= 11 is 7.68. The van der Waals surface area contributed by atoms with Gasteiger partial charge in [-0.3, -0.25) is 0 Å². The zero-order valence-electron chi connectivity index (χ0n) is 9.29. The van der Waals surface area contributed by atoms with E-state index >= 15 is 0 Å². The largest absolute Gasteiger partial charge is 0.384 e. The van der Waals surface area contributed by atoms with Gasteiger partial charge in [0.05, 0.1) is 11.3 Å². The summed E-state index contributed by atoms with van der Waals surface area (Å²) in [5.74, 6) is 1.19. The van der Waals surface area contributed by atoms with Crippen LogP contribution in [0.1, 0.15) is 18.4 Å². The van der Waals surface area contributed by atoms with Crippen molar-refractivity contribution in [2.45, 2.75) is 12.8 Å². The molecule has 0 heterocycles. The number of halogens is 1. The van der Waals surface area contributed by atoms with E-state index in [2.05, 4.69) is 17.6 Å². The third-order valence-electron chi connectivity index (χ3n) is 2.19. The number of nitrogens with one attached hydrogen (secondary N) is 1. The first-order valence-electron chi connectivity index (χ1n) is 5.20. The second-order valence-electron chi connectivity index (χ2n) is 3.43. The van der Waals surface area contributed by atoms with Crippen LogP contribution in [0.4, 0.5) is 5.69 Å². The minimum absolute atomic E-state index is 0.601. The summed E-state index contributed by atoms with van der Waals surface area (Å²) in [7, 11) is 0. The molecule has 0 fully saturated rings. The number of thioether (sulfide) groups is 1. The maximum Gasteiger partial charge on any atom is 0.101 e. The summed E-state index contributed by atoms with van der Waals surface area (Å²) < 4.78 is 0. The molecule has 0 spiro atoms. The Balaban J connectivity index is 2.45. The zero-order valence-corrected chi connectivity index (χ0v) is 10.9. The van der Waals surface area contributed by atoms with Gasteiger partial charge in [-0.25, -0.2) is 0 Å². The number of unbranched alkanes of at least 4 members (excludes halogenated alkanes) is 1. The molecule has 86 valence electrons. The number of nitriles is 1. The quantitative estimate of drug-likeness (QED) is 0.785. The van der Waals surface area contributed by atoms with Crippen molar-refractivity contribution in [3.8, 4) is 6.07 Å². The van der Waals surface area contributed by atoms with Crippen LogP contribution in [-0.2, 0) is 0 Å². The van der Waals surface area contributed by atoms with E-state index in [1.807, 2.05) is 17.8 Å². The van der Waals surface area contributed by atoms with Gasteiger partial charge in [-0.2, -0.15) is 17.0 Å². The normalized spacial score (nSPS) is 9.81. The number of rotatable bonds is 6. The molecule has 4 heteroatoms. The number of hydrogen-bond acceptors (Lipinski definition) is 3. The summed E-state index contributed by atoms with van der Waals surface area (Å²) in [6.07, 6.45) is 4.43.